The summed E-state index contributed by atoms with van der Waals surface area (Å²) >= 11 is 0. The van der Waals surface area contributed by atoms with Gasteiger partial charge in [0.15, 0.2) is 0 Å². The minimum Gasteiger partial charge on any atom is -0.480 e. The molecule has 0 bridgehead atoms. The van der Waals surface area contributed by atoms with E-state index in [1.807, 2.05) is 6.92 Å². The van der Waals surface area contributed by atoms with Crippen LogP contribution in [0.3, 0.4) is 0 Å². The van der Waals surface area contributed by atoms with Gasteiger partial charge in [-0.3, -0.25) is 0 Å². The molecule has 0 aliphatic heterocycles. The van der Waals surface area contributed by atoms with Crippen molar-refractivity contribution in [3.8, 4) is 0 Å². The van der Waals surface area contributed by atoms with Crippen LogP contribution >= 0.6 is 0 Å². The average molecular weight is 242 g/mol. The van der Waals surface area contributed by atoms with Crippen LogP contribution in [0.5, 0.6) is 0 Å². The minimum absolute atomic E-state index is 0.292. The highest BCUT2D eigenvalue weighted by atomic mass is 16.4. The summed E-state index contributed by atoms with van der Waals surface area (Å²) in [7, 11) is 1.50. The van der Waals surface area contributed by atoms with E-state index in [0.717, 1.165) is 6.42 Å². The minimum atomic E-state index is -1.22. The molecule has 0 saturated heterocycles. The van der Waals surface area contributed by atoms with Crippen LogP contribution < -0.4 is 0 Å². The Labute approximate surface area is 103 Å². The molecule has 0 saturated carbocycles. The zero-order chi connectivity index (χ0) is 13.6. The maximum Gasteiger partial charge on any atom is 0.329 e. The predicted octanol–water partition coefficient (Wildman–Crippen LogP) is 1.80. The molecule has 0 heterocycles. The van der Waals surface area contributed by atoms with E-state index in [1.165, 1.54) is 25.8 Å². The van der Waals surface area contributed by atoms with E-state index < -0.39 is 11.5 Å². The number of likely N-dealkylation sites (N-methyl/N-ethyl adjacent to an activating group) is 1. The van der Waals surface area contributed by atoms with Gasteiger partial charge < -0.3 is 14.9 Å². The molecular weight excluding hydrogens is 220 g/mol. The van der Waals surface area contributed by atoms with Crippen molar-refractivity contribution in [1.29, 1.82) is 0 Å². The van der Waals surface area contributed by atoms with Gasteiger partial charge in [-0.05, 0) is 20.3 Å². The van der Waals surface area contributed by atoms with Crippen LogP contribution in [0.1, 0.15) is 27.2 Å². The molecule has 0 fully saturated rings. The number of hydrogen-bond donors (Lipinski definition) is 1. The first kappa shape index (κ1) is 15.5. The summed E-state index contributed by atoms with van der Waals surface area (Å²) < 4.78 is 0. The summed E-state index contributed by atoms with van der Waals surface area (Å²) in [6, 6.07) is -0.292. The predicted molar refractivity (Wildman–Crippen MR) is 66.9 cm³/mol. The summed E-state index contributed by atoms with van der Waals surface area (Å²) in [5.41, 5.74) is -1.22. The summed E-state index contributed by atoms with van der Waals surface area (Å²) in [6.45, 7) is 9.58. The molecule has 0 aromatic carbocycles. The Morgan fingerprint density at radius 2 is 1.94 bits per heavy atom. The second kappa shape index (κ2) is 6.27. The van der Waals surface area contributed by atoms with E-state index in [1.54, 1.807) is 11.0 Å². The first-order valence-electron chi connectivity index (χ1n) is 5.66. The van der Waals surface area contributed by atoms with E-state index in [4.69, 9.17) is 5.11 Å². The lowest BCUT2D eigenvalue weighted by molar-refractivity contribution is -0.147. The molecule has 0 aromatic heterocycles. The first-order valence-corrected chi connectivity index (χ1v) is 5.66. The quantitative estimate of drug-likeness (QED) is 0.722. The van der Waals surface area contributed by atoms with E-state index in [2.05, 4.69) is 6.58 Å². The molecule has 0 rings (SSSR count). The summed E-state index contributed by atoms with van der Waals surface area (Å²) in [6.07, 6.45) is 2.45. The molecule has 0 aliphatic carbocycles. The topological polar surface area (TPSA) is 60.9 Å². The first-order chi connectivity index (χ1) is 7.78. The van der Waals surface area contributed by atoms with Crippen molar-refractivity contribution in [1.82, 2.24) is 9.80 Å². The second-order valence-corrected chi connectivity index (χ2v) is 4.44. The molecule has 2 amide bonds. The second-order valence-electron chi connectivity index (χ2n) is 4.44. The maximum atomic E-state index is 12.1. The van der Waals surface area contributed by atoms with Crippen LogP contribution in [0.2, 0.25) is 0 Å². The third-order valence-corrected chi connectivity index (χ3v) is 2.76. The summed E-state index contributed by atoms with van der Waals surface area (Å²) in [5.74, 6) is -1.02. The van der Waals surface area contributed by atoms with Crippen LogP contribution in [0, 0.1) is 0 Å². The van der Waals surface area contributed by atoms with Crippen LogP contribution in [-0.2, 0) is 4.79 Å². The van der Waals surface area contributed by atoms with Crippen molar-refractivity contribution >= 4 is 12.0 Å². The van der Waals surface area contributed by atoms with E-state index in [0.29, 0.717) is 13.1 Å². The molecular formula is C12H22N2O3. The Bertz CT molecular complexity index is 300. The molecule has 0 spiro atoms. The lowest BCUT2D eigenvalue weighted by Crippen LogP contribution is -2.55. The standard InChI is InChI=1S/C12H22N2O3/c1-6-8-14(9-7-2)11(17)13(5)12(3,4)10(15)16/h6H,1,7-9H2,2-5H3,(H,15,16). The fourth-order valence-corrected chi connectivity index (χ4v) is 1.29. The van der Waals surface area contributed by atoms with Crippen molar-refractivity contribution < 1.29 is 14.7 Å². The number of carbonyl (C=O) groups excluding carboxylic acids is 1. The lowest BCUT2D eigenvalue weighted by atomic mass is 10.0. The average Bonchev–Trinajstić information content (AvgIpc) is 2.26. The third-order valence-electron chi connectivity index (χ3n) is 2.76. The van der Waals surface area contributed by atoms with E-state index in [-0.39, 0.29) is 6.03 Å². The van der Waals surface area contributed by atoms with Gasteiger partial charge in [0.2, 0.25) is 0 Å². The van der Waals surface area contributed by atoms with Gasteiger partial charge in [0.25, 0.3) is 0 Å². The maximum absolute atomic E-state index is 12.1. The van der Waals surface area contributed by atoms with Gasteiger partial charge in [0.1, 0.15) is 5.54 Å². The SMILES string of the molecule is C=CCN(CCC)C(=O)N(C)C(C)(C)C(=O)O. The number of carboxylic acids is 1. The Hall–Kier alpha value is -1.52. The fraction of sp³-hybridized carbons (Fsp3) is 0.667. The molecule has 0 radical (unpaired) electrons. The molecule has 1 N–H and O–H groups in total. The molecule has 5 heteroatoms. The molecule has 0 aliphatic rings. The highest BCUT2D eigenvalue weighted by Gasteiger charge is 2.36. The zero-order valence-electron chi connectivity index (χ0n) is 11.1. The Morgan fingerprint density at radius 1 is 1.41 bits per heavy atom. The fourth-order valence-electron chi connectivity index (χ4n) is 1.29. The van der Waals surface area contributed by atoms with Gasteiger partial charge in [-0.2, -0.15) is 0 Å². The third kappa shape index (κ3) is 3.76. The highest BCUT2D eigenvalue weighted by molar-refractivity contribution is 5.85. The number of carboxylic acid groups (broad SMARTS) is 1. The van der Waals surface area contributed by atoms with E-state index in [9.17, 15) is 9.59 Å². The molecule has 5 nitrogen and oxygen atoms in total. The number of aliphatic carboxylic acids is 1. The van der Waals surface area contributed by atoms with Crippen molar-refractivity contribution in [2.24, 2.45) is 0 Å². The number of amides is 2. The molecule has 17 heavy (non-hydrogen) atoms. The Morgan fingerprint density at radius 3 is 2.29 bits per heavy atom. The van der Waals surface area contributed by atoms with Gasteiger partial charge in [0.05, 0.1) is 0 Å². The van der Waals surface area contributed by atoms with Gasteiger partial charge in [-0.25, -0.2) is 9.59 Å². The highest BCUT2D eigenvalue weighted by Crippen LogP contribution is 2.15. The number of nitrogens with zero attached hydrogens (tertiary/aromatic N) is 2. The summed E-state index contributed by atoms with van der Waals surface area (Å²) in [4.78, 5) is 26.0. The van der Waals surface area contributed by atoms with Crippen molar-refractivity contribution in [2.75, 3.05) is 20.1 Å². The molecule has 0 unspecified atom stereocenters. The number of carbonyl (C=O) groups is 2. The Kier molecular flexibility index (Phi) is 5.71. The molecule has 0 aromatic rings. The zero-order valence-corrected chi connectivity index (χ0v) is 11.1. The van der Waals surface area contributed by atoms with Gasteiger partial charge >= 0.3 is 12.0 Å². The van der Waals surface area contributed by atoms with Gasteiger partial charge in [-0.15, -0.1) is 6.58 Å². The molecule has 98 valence electrons. The number of urea groups is 1. The smallest absolute Gasteiger partial charge is 0.329 e. The monoisotopic (exact) mass is 242 g/mol. The van der Waals surface area contributed by atoms with Gasteiger partial charge in [-0.1, -0.05) is 13.0 Å². The van der Waals surface area contributed by atoms with Crippen LogP contribution in [0.15, 0.2) is 12.7 Å². The number of hydrogen-bond acceptors (Lipinski definition) is 2. The van der Waals surface area contributed by atoms with Crippen molar-refractivity contribution in [3.63, 3.8) is 0 Å². The number of rotatable bonds is 6. The van der Waals surface area contributed by atoms with Crippen molar-refractivity contribution in [3.05, 3.63) is 12.7 Å². The lowest BCUT2D eigenvalue weighted by Gasteiger charge is -2.35. The van der Waals surface area contributed by atoms with Crippen LogP contribution in [0.4, 0.5) is 4.79 Å². The van der Waals surface area contributed by atoms with Crippen molar-refractivity contribution in [2.45, 2.75) is 32.7 Å². The van der Waals surface area contributed by atoms with E-state index >= 15 is 0 Å². The van der Waals surface area contributed by atoms with Crippen LogP contribution in [0.25, 0.3) is 0 Å². The van der Waals surface area contributed by atoms with Crippen LogP contribution in [-0.4, -0.2) is 52.6 Å². The summed E-state index contributed by atoms with van der Waals surface area (Å²) in [5, 5.41) is 9.07. The van der Waals surface area contributed by atoms with Gasteiger partial charge in [0, 0.05) is 20.1 Å². The Balaban J connectivity index is 4.87. The normalized spacial score (nSPS) is 10.8. The largest absolute Gasteiger partial charge is 0.480 e. The molecule has 0 atom stereocenters.